The number of benzene rings is 1. The fourth-order valence-electron chi connectivity index (χ4n) is 6.90. The van der Waals surface area contributed by atoms with Gasteiger partial charge in [-0.05, 0) is 98.7 Å². The lowest BCUT2D eigenvalue weighted by molar-refractivity contribution is 0.0963. The van der Waals surface area contributed by atoms with Gasteiger partial charge in [-0.25, -0.2) is 8.42 Å². The largest absolute Gasteiger partial charge is 0.393 e. The average molecular weight is 469 g/mol. The maximum Gasteiger partial charge on any atom is 0.178 e. The van der Waals surface area contributed by atoms with Crippen LogP contribution < -0.4 is 0 Å². The van der Waals surface area contributed by atoms with Crippen molar-refractivity contribution in [3.8, 4) is 0 Å². The molecular weight excluding hydrogens is 428 g/mol. The van der Waals surface area contributed by atoms with Crippen molar-refractivity contribution in [2.75, 3.05) is 5.75 Å². The summed E-state index contributed by atoms with van der Waals surface area (Å²) in [6.07, 6.45) is 13.5. The Labute approximate surface area is 200 Å². The molecule has 0 aliphatic heterocycles. The molecule has 0 radical (unpaired) electrons. The zero-order valence-corrected chi connectivity index (χ0v) is 21.1. The van der Waals surface area contributed by atoms with Gasteiger partial charge in [0, 0.05) is 0 Å². The first-order valence-corrected chi connectivity index (χ1v) is 14.4. The van der Waals surface area contributed by atoms with Crippen LogP contribution in [0, 0.1) is 23.2 Å². The Morgan fingerprint density at radius 2 is 1.91 bits per heavy atom. The number of sulfone groups is 1. The molecule has 0 heterocycles. The van der Waals surface area contributed by atoms with Crippen molar-refractivity contribution < 1.29 is 13.5 Å². The van der Waals surface area contributed by atoms with Gasteiger partial charge in [-0.1, -0.05) is 61.9 Å². The van der Waals surface area contributed by atoms with Crippen LogP contribution in [0.1, 0.15) is 71.6 Å². The van der Waals surface area contributed by atoms with Crippen LogP contribution in [-0.4, -0.2) is 25.4 Å². The van der Waals surface area contributed by atoms with Crippen LogP contribution >= 0.6 is 0 Å². The summed E-state index contributed by atoms with van der Waals surface area (Å²) in [6, 6.07) is 8.87. The first-order valence-electron chi connectivity index (χ1n) is 12.7. The summed E-state index contributed by atoms with van der Waals surface area (Å²) in [7, 11) is -3.22. The van der Waals surface area contributed by atoms with Crippen molar-refractivity contribution in [3.05, 3.63) is 65.8 Å². The van der Waals surface area contributed by atoms with Crippen LogP contribution in [0.2, 0.25) is 0 Å². The SMILES string of the molecule is C=C1CCC(O)CC1=CC=C1CCCC2(C)C1CCC2C(C)CCS(=O)(=O)c1ccccc1. The van der Waals surface area contributed by atoms with Gasteiger partial charge < -0.3 is 5.11 Å². The van der Waals surface area contributed by atoms with Gasteiger partial charge in [0.25, 0.3) is 0 Å². The molecule has 0 saturated heterocycles. The third-order valence-electron chi connectivity index (χ3n) is 8.86. The second-order valence-corrected chi connectivity index (χ2v) is 13.0. The van der Waals surface area contributed by atoms with E-state index in [1.807, 2.05) is 6.07 Å². The lowest BCUT2D eigenvalue weighted by Gasteiger charge is -2.44. The van der Waals surface area contributed by atoms with Gasteiger partial charge in [0.1, 0.15) is 0 Å². The maximum absolute atomic E-state index is 12.8. The molecule has 3 saturated carbocycles. The molecule has 3 aliphatic carbocycles. The van der Waals surface area contributed by atoms with Gasteiger partial charge in [0.15, 0.2) is 9.84 Å². The first kappa shape index (κ1) is 24.5. The van der Waals surface area contributed by atoms with Crippen LogP contribution in [0.25, 0.3) is 0 Å². The minimum absolute atomic E-state index is 0.231. The number of allylic oxidation sites excluding steroid dienone is 4. The van der Waals surface area contributed by atoms with Crippen molar-refractivity contribution >= 4 is 9.84 Å². The van der Waals surface area contributed by atoms with E-state index in [0.717, 1.165) is 32.1 Å². The monoisotopic (exact) mass is 468 g/mol. The second-order valence-electron chi connectivity index (χ2n) is 10.9. The highest BCUT2D eigenvalue weighted by molar-refractivity contribution is 7.91. The fraction of sp³-hybridized carbons (Fsp3) is 0.586. The molecule has 4 rings (SSSR count). The minimum Gasteiger partial charge on any atom is -0.393 e. The summed E-state index contributed by atoms with van der Waals surface area (Å²) in [6.45, 7) is 8.94. The zero-order valence-electron chi connectivity index (χ0n) is 20.3. The zero-order chi connectivity index (χ0) is 23.6. The summed E-state index contributed by atoms with van der Waals surface area (Å²) in [5, 5.41) is 10.1. The van der Waals surface area contributed by atoms with E-state index in [1.54, 1.807) is 29.8 Å². The van der Waals surface area contributed by atoms with E-state index in [4.69, 9.17) is 0 Å². The summed E-state index contributed by atoms with van der Waals surface area (Å²) in [4.78, 5) is 0.443. The van der Waals surface area contributed by atoms with Gasteiger partial charge >= 0.3 is 0 Å². The Hall–Kier alpha value is -1.65. The lowest BCUT2D eigenvalue weighted by Crippen LogP contribution is -2.36. The van der Waals surface area contributed by atoms with Gasteiger partial charge in [0.2, 0.25) is 0 Å². The van der Waals surface area contributed by atoms with E-state index in [2.05, 4.69) is 32.6 Å². The molecule has 5 unspecified atom stereocenters. The molecule has 3 nitrogen and oxygen atoms in total. The lowest BCUT2D eigenvalue weighted by atomic mass is 9.61. The Kier molecular flexibility index (Phi) is 7.35. The number of hydrogen-bond donors (Lipinski definition) is 1. The van der Waals surface area contributed by atoms with Crippen LogP contribution in [0.15, 0.2) is 70.7 Å². The molecule has 0 spiro atoms. The van der Waals surface area contributed by atoms with Gasteiger partial charge in [-0.15, -0.1) is 0 Å². The molecule has 0 amide bonds. The van der Waals surface area contributed by atoms with Crippen LogP contribution in [0.4, 0.5) is 0 Å². The van der Waals surface area contributed by atoms with Gasteiger partial charge in [0.05, 0.1) is 16.8 Å². The topological polar surface area (TPSA) is 54.4 Å². The van der Waals surface area contributed by atoms with Crippen LogP contribution in [-0.2, 0) is 9.84 Å². The van der Waals surface area contributed by atoms with Crippen molar-refractivity contribution in [2.24, 2.45) is 23.2 Å². The molecule has 3 fully saturated rings. The molecule has 1 aromatic rings. The van der Waals surface area contributed by atoms with Gasteiger partial charge in [-0.3, -0.25) is 0 Å². The van der Waals surface area contributed by atoms with E-state index >= 15 is 0 Å². The average Bonchev–Trinajstić information content (AvgIpc) is 3.16. The first-order chi connectivity index (χ1) is 15.7. The normalized spacial score (nSPS) is 33.9. The van der Waals surface area contributed by atoms with Crippen molar-refractivity contribution in [3.63, 3.8) is 0 Å². The van der Waals surface area contributed by atoms with Crippen molar-refractivity contribution in [2.45, 2.75) is 82.6 Å². The summed E-state index contributed by atoms with van der Waals surface area (Å²) < 4.78 is 25.6. The maximum atomic E-state index is 12.8. The summed E-state index contributed by atoms with van der Waals surface area (Å²) in [5.41, 5.74) is 4.19. The summed E-state index contributed by atoms with van der Waals surface area (Å²) >= 11 is 0. The minimum atomic E-state index is -3.22. The highest BCUT2D eigenvalue weighted by Crippen LogP contribution is 2.59. The molecule has 33 heavy (non-hydrogen) atoms. The molecule has 4 heteroatoms. The predicted molar refractivity (Wildman–Crippen MR) is 136 cm³/mol. The van der Waals surface area contributed by atoms with Crippen LogP contribution in [0.5, 0.6) is 0 Å². The molecule has 3 aliphatic rings. The Balaban J connectivity index is 1.45. The smallest absolute Gasteiger partial charge is 0.178 e. The third-order valence-corrected chi connectivity index (χ3v) is 10.6. The van der Waals surface area contributed by atoms with Crippen molar-refractivity contribution in [1.82, 2.24) is 0 Å². The highest BCUT2D eigenvalue weighted by atomic mass is 32.2. The second kappa shape index (κ2) is 9.92. The Bertz CT molecular complexity index is 1020. The molecule has 0 aromatic heterocycles. The predicted octanol–water partition coefficient (Wildman–Crippen LogP) is 6.66. The Morgan fingerprint density at radius 3 is 2.67 bits per heavy atom. The quantitative estimate of drug-likeness (QED) is 0.508. The number of fused-ring (bicyclic) bond motifs is 1. The van der Waals surface area contributed by atoms with Crippen LogP contribution in [0.3, 0.4) is 0 Å². The van der Waals surface area contributed by atoms with E-state index in [0.29, 0.717) is 22.6 Å². The highest BCUT2D eigenvalue weighted by Gasteiger charge is 2.50. The molecule has 180 valence electrons. The molecular formula is C29H40O3S. The van der Waals surface area contributed by atoms with E-state index < -0.39 is 9.84 Å². The standard InChI is InChI=1S/C29H40O3S/c1-21-11-14-25(30)20-24(21)13-12-23-8-7-18-29(3)27(15-16-28(23)29)22(2)17-19-33(31,32)26-9-5-4-6-10-26/h4-6,9-10,12-13,22,25,27-28,30H,1,7-8,11,14-20H2,2-3H3. The number of rotatable bonds is 6. The molecule has 1 N–H and O–H groups in total. The fourth-order valence-corrected chi connectivity index (χ4v) is 8.39. The summed E-state index contributed by atoms with van der Waals surface area (Å²) in [5.74, 6) is 1.78. The molecule has 5 atom stereocenters. The third kappa shape index (κ3) is 5.22. The van der Waals surface area contributed by atoms with Gasteiger partial charge in [-0.2, -0.15) is 0 Å². The Morgan fingerprint density at radius 1 is 1.15 bits per heavy atom. The number of aliphatic hydroxyl groups excluding tert-OH is 1. The van der Waals surface area contributed by atoms with E-state index in [1.165, 1.54) is 36.8 Å². The van der Waals surface area contributed by atoms with E-state index in [9.17, 15) is 13.5 Å². The van der Waals surface area contributed by atoms with E-state index in [-0.39, 0.29) is 17.3 Å². The van der Waals surface area contributed by atoms with Crippen molar-refractivity contribution in [1.29, 1.82) is 0 Å². The number of aliphatic hydroxyl groups is 1. The molecule has 1 aromatic carbocycles. The number of hydrogen-bond acceptors (Lipinski definition) is 3. The molecule has 0 bridgehead atoms.